The fraction of sp³-hybridized carbons (Fsp3) is 0.389. The van der Waals surface area contributed by atoms with Crippen LogP contribution in [0.5, 0.6) is 0 Å². The molecule has 2 N–H and O–H groups in total. The van der Waals surface area contributed by atoms with E-state index in [1.54, 1.807) is 41.6 Å². The van der Waals surface area contributed by atoms with Gasteiger partial charge in [-0.05, 0) is 24.2 Å². The molecule has 0 bridgehead atoms. The third kappa shape index (κ3) is 5.40. The van der Waals surface area contributed by atoms with Crippen LogP contribution in [0.1, 0.15) is 11.1 Å². The van der Waals surface area contributed by atoms with Crippen LogP contribution in [0.3, 0.4) is 0 Å². The van der Waals surface area contributed by atoms with E-state index in [4.69, 9.17) is 0 Å². The molecule has 0 spiro atoms. The van der Waals surface area contributed by atoms with Gasteiger partial charge in [-0.25, -0.2) is 27.9 Å². The van der Waals surface area contributed by atoms with Crippen LogP contribution < -0.4 is 14.9 Å². The fourth-order valence-electron chi connectivity index (χ4n) is 2.97. The van der Waals surface area contributed by atoms with Crippen LogP contribution in [-0.4, -0.2) is 62.5 Å². The van der Waals surface area contributed by atoms with Crippen LogP contribution in [-0.2, 0) is 22.3 Å². The maximum Gasteiger partial charge on any atom is 0.317 e. The van der Waals surface area contributed by atoms with E-state index >= 15 is 0 Å². The lowest BCUT2D eigenvalue weighted by atomic mass is 10.1. The smallest absolute Gasteiger partial charge is 0.317 e. The molecule has 150 valence electrons. The Kier molecular flexibility index (Phi) is 6.42. The molecular formula is C18H24N6O3S. The van der Waals surface area contributed by atoms with E-state index in [2.05, 4.69) is 24.9 Å². The number of sulfonamides is 1. The summed E-state index contributed by atoms with van der Waals surface area (Å²) in [6.07, 6.45) is 3.41. The van der Waals surface area contributed by atoms with Crippen molar-refractivity contribution < 1.29 is 13.2 Å². The summed E-state index contributed by atoms with van der Waals surface area (Å²) >= 11 is 0. The number of carbonyl (C=O) groups excluding carboxylic acids is 1. The third-order valence-electron chi connectivity index (χ3n) is 4.50. The minimum absolute atomic E-state index is 0.0885. The summed E-state index contributed by atoms with van der Waals surface area (Å²) in [5.41, 5.74) is 1.53. The van der Waals surface area contributed by atoms with Gasteiger partial charge < -0.3 is 15.1 Å². The molecule has 10 heteroatoms. The molecular weight excluding hydrogens is 380 g/mol. The van der Waals surface area contributed by atoms with E-state index < -0.39 is 10.0 Å². The molecule has 28 heavy (non-hydrogen) atoms. The summed E-state index contributed by atoms with van der Waals surface area (Å²) in [5.74, 6) is 0.588. The molecule has 0 aliphatic carbocycles. The molecule has 2 aromatic rings. The van der Waals surface area contributed by atoms with Gasteiger partial charge in [-0.1, -0.05) is 24.3 Å². The zero-order chi connectivity index (χ0) is 20.0. The van der Waals surface area contributed by atoms with E-state index in [9.17, 15) is 13.2 Å². The van der Waals surface area contributed by atoms with Crippen LogP contribution in [0.2, 0.25) is 0 Å². The second kappa shape index (κ2) is 8.98. The molecule has 1 aromatic carbocycles. The molecule has 2 amide bonds. The average molecular weight is 404 g/mol. The van der Waals surface area contributed by atoms with E-state index in [1.165, 1.54) is 7.05 Å². The number of anilines is 1. The number of nitrogens with zero attached hydrogens (tertiary/aromatic N) is 4. The number of urea groups is 1. The van der Waals surface area contributed by atoms with Crippen molar-refractivity contribution in [3.63, 3.8) is 0 Å². The Labute approximate surface area is 164 Å². The van der Waals surface area contributed by atoms with Gasteiger partial charge in [-0.15, -0.1) is 0 Å². The molecule has 1 aromatic heterocycles. The van der Waals surface area contributed by atoms with Crippen LogP contribution in [0.4, 0.5) is 10.7 Å². The number of aromatic nitrogens is 2. The van der Waals surface area contributed by atoms with Crippen molar-refractivity contribution in [3.05, 3.63) is 53.9 Å². The summed E-state index contributed by atoms with van der Waals surface area (Å²) in [6.45, 7) is 2.87. The number of hydrogen-bond donors (Lipinski definition) is 2. The summed E-state index contributed by atoms with van der Waals surface area (Å²) < 4.78 is 25.7. The highest BCUT2D eigenvalue weighted by Crippen LogP contribution is 2.11. The van der Waals surface area contributed by atoms with E-state index in [0.717, 1.165) is 5.56 Å². The molecule has 0 atom stereocenters. The molecule has 3 rings (SSSR count). The van der Waals surface area contributed by atoms with Crippen molar-refractivity contribution in [2.75, 3.05) is 38.1 Å². The molecule has 1 aliphatic rings. The van der Waals surface area contributed by atoms with Gasteiger partial charge in [0.15, 0.2) is 0 Å². The van der Waals surface area contributed by atoms with Gasteiger partial charge in [0.05, 0.1) is 5.75 Å². The lowest BCUT2D eigenvalue weighted by Crippen LogP contribution is -2.52. The standard InChI is InChI=1S/C18H24N6O3S/c1-19-28(26,27)14-16-5-2-4-15(12-16)13-22-18(25)24-10-8-23(9-11-24)17-20-6-3-7-21-17/h2-7,12,19H,8-11,13-14H2,1H3,(H,22,25). The first-order chi connectivity index (χ1) is 13.5. The SMILES string of the molecule is CNS(=O)(=O)Cc1cccc(CNC(=O)N2CCN(c3ncccn3)CC2)c1. The lowest BCUT2D eigenvalue weighted by Gasteiger charge is -2.34. The number of hydrogen-bond acceptors (Lipinski definition) is 6. The second-order valence-electron chi connectivity index (χ2n) is 6.46. The Balaban J connectivity index is 1.50. The normalized spacial score (nSPS) is 14.8. The lowest BCUT2D eigenvalue weighted by molar-refractivity contribution is 0.193. The summed E-state index contributed by atoms with van der Waals surface area (Å²) in [7, 11) is -1.93. The minimum atomic E-state index is -3.33. The maximum atomic E-state index is 12.4. The monoisotopic (exact) mass is 404 g/mol. The summed E-state index contributed by atoms with van der Waals surface area (Å²) in [5, 5.41) is 2.90. The molecule has 1 saturated heterocycles. The van der Waals surface area contributed by atoms with Crippen molar-refractivity contribution in [1.82, 2.24) is 24.9 Å². The number of rotatable bonds is 6. The predicted molar refractivity (Wildman–Crippen MR) is 106 cm³/mol. The van der Waals surface area contributed by atoms with Gasteiger partial charge in [0.1, 0.15) is 0 Å². The highest BCUT2D eigenvalue weighted by molar-refractivity contribution is 7.88. The van der Waals surface area contributed by atoms with Gasteiger partial charge in [0.2, 0.25) is 16.0 Å². The van der Waals surface area contributed by atoms with Crippen LogP contribution in [0, 0.1) is 0 Å². The highest BCUT2D eigenvalue weighted by Gasteiger charge is 2.22. The molecule has 1 fully saturated rings. The fourth-order valence-corrected chi connectivity index (χ4v) is 3.74. The summed E-state index contributed by atoms with van der Waals surface area (Å²) in [6, 6.07) is 8.84. The molecule has 0 saturated carbocycles. The van der Waals surface area contributed by atoms with E-state index in [-0.39, 0.29) is 11.8 Å². The number of piperazine rings is 1. The van der Waals surface area contributed by atoms with Gasteiger partial charge in [0, 0.05) is 45.1 Å². The highest BCUT2D eigenvalue weighted by atomic mass is 32.2. The topological polar surface area (TPSA) is 108 Å². The molecule has 0 radical (unpaired) electrons. The maximum absolute atomic E-state index is 12.4. The molecule has 0 unspecified atom stereocenters. The molecule has 2 heterocycles. The zero-order valence-electron chi connectivity index (χ0n) is 15.7. The van der Waals surface area contributed by atoms with Gasteiger partial charge in [-0.2, -0.15) is 0 Å². The first-order valence-corrected chi connectivity index (χ1v) is 10.7. The number of amides is 2. The first-order valence-electron chi connectivity index (χ1n) is 9.00. The second-order valence-corrected chi connectivity index (χ2v) is 8.39. The van der Waals surface area contributed by atoms with Crippen molar-refractivity contribution in [3.8, 4) is 0 Å². The average Bonchev–Trinajstić information content (AvgIpc) is 2.73. The Morgan fingerprint density at radius 2 is 1.75 bits per heavy atom. The predicted octanol–water partition coefficient (Wildman–Crippen LogP) is 0.558. The van der Waals surface area contributed by atoms with Crippen LogP contribution in [0.15, 0.2) is 42.7 Å². The van der Waals surface area contributed by atoms with Crippen molar-refractivity contribution in [2.24, 2.45) is 0 Å². The van der Waals surface area contributed by atoms with Gasteiger partial charge >= 0.3 is 6.03 Å². The zero-order valence-corrected chi connectivity index (χ0v) is 16.5. The van der Waals surface area contributed by atoms with Crippen molar-refractivity contribution in [2.45, 2.75) is 12.3 Å². The number of nitrogens with one attached hydrogen (secondary N) is 2. The van der Waals surface area contributed by atoms with Crippen molar-refractivity contribution >= 4 is 22.0 Å². The van der Waals surface area contributed by atoms with Crippen LogP contribution >= 0.6 is 0 Å². The quantitative estimate of drug-likeness (QED) is 0.728. The molecule has 9 nitrogen and oxygen atoms in total. The third-order valence-corrected chi connectivity index (χ3v) is 5.84. The van der Waals surface area contributed by atoms with Gasteiger partial charge in [0.25, 0.3) is 0 Å². The van der Waals surface area contributed by atoms with E-state index in [1.807, 2.05) is 6.07 Å². The minimum Gasteiger partial charge on any atom is -0.337 e. The largest absolute Gasteiger partial charge is 0.337 e. The number of carbonyl (C=O) groups is 1. The summed E-state index contributed by atoms with van der Waals surface area (Å²) in [4.78, 5) is 24.7. The Hall–Kier alpha value is -2.72. The van der Waals surface area contributed by atoms with E-state index in [0.29, 0.717) is 44.2 Å². The molecule has 1 aliphatic heterocycles. The number of benzene rings is 1. The van der Waals surface area contributed by atoms with Gasteiger partial charge in [-0.3, -0.25) is 0 Å². The Bertz CT molecular complexity index is 899. The first kappa shape index (κ1) is 20.0. The Morgan fingerprint density at radius 1 is 1.07 bits per heavy atom. The van der Waals surface area contributed by atoms with Crippen LogP contribution in [0.25, 0.3) is 0 Å². The Morgan fingerprint density at radius 3 is 2.43 bits per heavy atom. The van der Waals surface area contributed by atoms with Crippen molar-refractivity contribution in [1.29, 1.82) is 0 Å².